The maximum atomic E-state index is 12.0. The molecule has 0 radical (unpaired) electrons. The minimum Gasteiger partial charge on any atom is -0.171 e. The van der Waals surface area contributed by atoms with Crippen molar-refractivity contribution in [3.63, 3.8) is 0 Å². The van der Waals surface area contributed by atoms with Crippen molar-refractivity contribution >= 4 is 0 Å². The predicted octanol–water partition coefficient (Wildman–Crippen LogP) is 3.85. The Morgan fingerprint density at radius 3 is 2.77 bits per heavy atom. The fourth-order valence-electron chi connectivity index (χ4n) is 1.44. The van der Waals surface area contributed by atoms with E-state index in [0.717, 1.165) is 12.0 Å². The summed E-state index contributed by atoms with van der Waals surface area (Å²) in [5.41, 5.74) is 1.06. The van der Waals surface area contributed by atoms with Gasteiger partial charge in [0.1, 0.15) is 0 Å². The highest BCUT2D eigenvalue weighted by atomic mass is 19.4. The smallest absolute Gasteiger partial charge is 0.171 e. The van der Waals surface area contributed by atoms with E-state index >= 15 is 0 Å². The molecule has 1 rings (SSSR count). The lowest BCUT2D eigenvalue weighted by Crippen LogP contribution is -2.13. The quantitative estimate of drug-likeness (QED) is 0.589. The summed E-state index contributed by atoms with van der Waals surface area (Å²) in [7, 11) is 0. The first-order valence-corrected chi connectivity index (χ1v) is 4.39. The van der Waals surface area contributed by atoms with Gasteiger partial charge in [0.05, 0.1) is 0 Å². The Morgan fingerprint density at radius 1 is 1.46 bits per heavy atom. The molecule has 0 aromatic heterocycles. The molecule has 0 saturated heterocycles. The zero-order valence-electron chi connectivity index (χ0n) is 7.56. The number of rotatable bonds is 1. The highest BCUT2D eigenvalue weighted by molar-refractivity contribution is 5.18. The average Bonchev–Trinajstić information content (AvgIpc) is 2.12. The van der Waals surface area contributed by atoms with Crippen LogP contribution in [0, 0.1) is 5.92 Å². The molecule has 1 atom stereocenters. The monoisotopic (exact) mass is 190 g/mol. The van der Waals surface area contributed by atoms with Gasteiger partial charge in [0.25, 0.3) is 0 Å². The van der Waals surface area contributed by atoms with E-state index in [2.05, 4.69) is 0 Å². The molecule has 0 nitrogen and oxygen atoms in total. The molecule has 3 heteroatoms. The molecule has 1 aliphatic rings. The molecule has 0 spiro atoms. The summed E-state index contributed by atoms with van der Waals surface area (Å²) in [4.78, 5) is 0. The van der Waals surface area contributed by atoms with Gasteiger partial charge in [0, 0.05) is 6.42 Å². The number of hydrogen-bond donors (Lipinski definition) is 0. The number of halogens is 3. The summed E-state index contributed by atoms with van der Waals surface area (Å²) in [6, 6.07) is 0. The molecule has 1 unspecified atom stereocenters. The first-order chi connectivity index (χ1) is 5.97. The van der Waals surface area contributed by atoms with E-state index in [0.29, 0.717) is 6.42 Å². The average molecular weight is 190 g/mol. The number of hydrogen-bond acceptors (Lipinski definition) is 0. The molecule has 1 aliphatic carbocycles. The molecule has 0 N–H and O–H groups in total. The molecule has 0 saturated carbocycles. The second-order valence-electron chi connectivity index (χ2n) is 3.46. The first-order valence-electron chi connectivity index (χ1n) is 4.39. The molecule has 13 heavy (non-hydrogen) atoms. The summed E-state index contributed by atoms with van der Waals surface area (Å²) < 4.78 is 36.1. The minimum atomic E-state index is -4.03. The van der Waals surface area contributed by atoms with Gasteiger partial charge in [-0.25, -0.2) is 0 Å². The fraction of sp³-hybridized carbons (Fsp3) is 0.600. The lowest BCUT2D eigenvalue weighted by molar-refractivity contribution is -0.141. The molecule has 74 valence electrons. The molecule has 0 amide bonds. The maximum Gasteiger partial charge on any atom is 0.389 e. The second-order valence-corrected chi connectivity index (χ2v) is 3.46. The number of allylic oxidation sites excluding steroid dienone is 4. The van der Waals surface area contributed by atoms with Crippen LogP contribution in [-0.4, -0.2) is 6.18 Å². The van der Waals surface area contributed by atoms with E-state index in [1.54, 1.807) is 12.2 Å². The van der Waals surface area contributed by atoms with Crippen molar-refractivity contribution in [2.24, 2.45) is 5.92 Å². The molecular weight excluding hydrogens is 177 g/mol. The molecule has 0 heterocycles. The summed E-state index contributed by atoms with van der Waals surface area (Å²) in [5, 5.41) is 0. The lowest BCUT2D eigenvalue weighted by Gasteiger charge is -2.12. The highest BCUT2D eigenvalue weighted by Crippen LogP contribution is 2.29. The van der Waals surface area contributed by atoms with E-state index in [1.807, 2.05) is 13.0 Å². The Morgan fingerprint density at radius 2 is 2.15 bits per heavy atom. The maximum absolute atomic E-state index is 12.0. The van der Waals surface area contributed by atoms with Crippen LogP contribution in [0.4, 0.5) is 13.2 Å². The van der Waals surface area contributed by atoms with Crippen LogP contribution in [0.1, 0.15) is 26.2 Å². The molecule has 0 bridgehead atoms. The first kappa shape index (κ1) is 10.4. The van der Waals surface area contributed by atoms with Crippen LogP contribution in [0.2, 0.25) is 0 Å². The summed E-state index contributed by atoms with van der Waals surface area (Å²) in [6.45, 7) is 1.91. The Hall–Kier alpha value is -0.730. The fourth-order valence-corrected chi connectivity index (χ4v) is 1.44. The summed E-state index contributed by atoms with van der Waals surface area (Å²) in [5.74, 6) is -0.339. The Balaban J connectivity index is 2.51. The van der Waals surface area contributed by atoms with Gasteiger partial charge < -0.3 is 0 Å². The molecule has 0 aromatic carbocycles. The van der Waals surface area contributed by atoms with Gasteiger partial charge in [0.15, 0.2) is 0 Å². The number of alkyl halides is 3. The second kappa shape index (κ2) is 3.99. The van der Waals surface area contributed by atoms with Gasteiger partial charge in [-0.2, -0.15) is 13.2 Å². The SMILES string of the molecule is CC1=CCCC(CC(F)(F)F)C=C1. The van der Waals surface area contributed by atoms with Crippen molar-refractivity contribution < 1.29 is 13.2 Å². The van der Waals surface area contributed by atoms with E-state index < -0.39 is 12.6 Å². The van der Waals surface area contributed by atoms with Crippen LogP contribution in [0.5, 0.6) is 0 Å². The van der Waals surface area contributed by atoms with Crippen molar-refractivity contribution in [3.8, 4) is 0 Å². The van der Waals surface area contributed by atoms with Crippen LogP contribution in [-0.2, 0) is 0 Å². The standard InChI is InChI=1S/C10H13F3/c1-8-3-2-4-9(6-5-8)7-10(11,12)13/h3,5-6,9H,2,4,7H2,1H3. The topological polar surface area (TPSA) is 0 Å². The van der Waals surface area contributed by atoms with Crippen LogP contribution >= 0.6 is 0 Å². The van der Waals surface area contributed by atoms with Gasteiger partial charge in [-0.1, -0.05) is 23.8 Å². The lowest BCUT2D eigenvalue weighted by atomic mass is 10.00. The van der Waals surface area contributed by atoms with Crippen LogP contribution in [0.3, 0.4) is 0 Å². The van der Waals surface area contributed by atoms with E-state index in [4.69, 9.17) is 0 Å². The summed E-state index contributed by atoms with van der Waals surface area (Å²) >= 11 is 0. The van der Waals surface area contributed by atoms with Gasteiger partial charge >= 0.3 is 6.18 Å². The van der Waals surface area contributed by atoms with Crippen molar-refractivity contribution in [1.82, 2.24) is 0 Å². The molecule has 0 fully saturated rings. The predicted molar refractivity (Wildman–Crippen MR) is 46.3 cm³/mol. The van der Waals surface area contributed by atoms with Gasteiger partial charge in [-0.05, 0) is 25.7 Å². The molecular formula is C10H13F3. The Labute approximate surface area is 76.1 Å². The zero-order valence-corrected chi connectivity index (χ0v) is 7.56. The third-order valence-corrected chi connectivity index (χ3v) is 2.13. The highest BCUT2D eigenvalue weighted by Gasteiger charge is 2.30. The Kier molecular flexibility index (Phi) is 3.17. The normalized spacial score (nSPS) is 24.0. The zero-order chi connectivity index (χ0) is 9.90. The van der Waals surface area contributed by atoms with Gasteiger partial charge in [-0.3, -0.25) is 0 Å². The van der Waals surface area contributed by atoms with Crippen LogP contribution in [0.15, 0.2) is 23.8 Å². The van der Waals surface area contributed by atoms with Crippen LogP contribution < -0.4 is 0 Å². The van der Waals surface area contributed by atoms with Crippen molar-refractivity contribution in [2.45, 2.75) is 32.4 Å². The van der Waals surface area contributed by atoms with Gasteiger partial charge in [-0.15, -0.1) is 0 Å². The van der Waals surface area contributed by atoms with E-state index in [1.165, 1.54) is 0 Å². The largest absolute Gasteiger partial charge is 0.389 e. The molecule has 0 aliphatic heterocycles. The third kappa shape index (κ3) is 4.15. The van der Waals surface area contributed by atoms with Crippen molar-refractivity contribution in [2.75, 3.05) is 0 Å². The van der Waals surface area contributed by atoms with Crippen molar-refractivity contribution in [1.29, 1.82) is 0 Å². The third-order valence-electron chi connectivity index (χ3n) is 2.13. The van der Waals surface area contributed by atoms with Crippen LogP contribution in [0.25, 0.3) is 0 Å². The van der Waals surface area contributed by atoms with E-state index in [-0.39, 0.29) is 5.92 Å². The van der Waals surface area contributed by atoms with Crippen molar-refractivity contribution in [3.05, 3.63) is 23.8 Å². The van der Waals surface area contributed by atoms with E-state index in [9.17, 15) is 13.2 Å². The van der Waals surface area contributed by atoms with Gasteiger partial charge in [0.2, 0.25) is 0 Å². The summed E-state index contributed by atoms with van der Waals surface area (Å²) in [6.07, 6.45) is 2.06. The molecule has 0 aromatic rings. The minimum absolute atomic E-state index is 0.339. The Bertz CT molecular complexity index is 223.